The minimum atomic E-state index is -1.14. The number of rotatable bonds is 5. The van der Waals surface area contributed by atoms with Gasteiger partial charge in [0.05, 0.1) is 8.07 Å². The van der Waals surface area contributed by atoms with Gasteiger partial charge in [-0.05, 0) is 19.4 Å². The van der Waals surface area contributed by atoms with Gasteiger partial charge in [-0.2, -0.15) is 0 Å². The molecule has 1 atom stereocenters. The van der Waals surface area contributed by atoms with Gasteiger partial charge in [-0.1, -0.05) is 33.5 Å². The molecule has 0 aromatic carbocycles. The molecular formula is C9H24OSi2. The molecule has 1 nitrogen and oxygen atoms in total. The first-order valence-electron chi connectivity index (χ1n) is 5.01. The van der Waals surface area contributed by atoms with Crippen LogP contribution in [0.15, 0.2) is 0 Å². The molecule has 0 bridgehead atoms. The molecule has 0 fully saturated rings. The van der Waals surface area contributed by atoms with Crippen LogP contribution in [0.5, 0.6) is 0 Å². The zero-order chi connectivity index (χ0) is 9.83. The lowest BCUT2D eigenvalue weighted by molar-refractivity contribution is 0.168. The topological polar surface area (TPSA) is 9.23 Å². The quantitative estimate of drug-likeness (QED) is 0.626. The van der Waals surface area contributed by atoms with Gasteiger partial charge in [0.2, 0.25) is 0 Å². The summed E-state index contributed by atoms with van der Waals surface area (Å²) in [4.78, 5) is 0. The van der Waals surface area contributed by atoms with Crippen LogP contribution in [0.1, 0.15) is 27.2 Å². The Labute approximate surface area is 80.9 Å². The fourth-order valence-electron chi connectivity index (χ4n) is 1.18. The first kappa shape index (κ1) is 12.4. The second-order valence-corrected chi connectivity index (χ2v) is 11.9. The molecule has 0 saturated carbocycles. The van der Waals surface area contributed by atoms with E-state index < -0.39 is 8.07 Å². The zero-order valence-corrected chi connectivity index (χ0v) is 11.9. The van der Waals surface area contributed by atoms with Crippen LogP contribution >= 0.6 is 0 Å². The van der Waals surface area contributed by atoms with Crippen molar-refractivity contribution in [2.75, 3.05) is 0 Å². The summed E-state index contributed by atoms with van der Waals surface area (Å²) < 4.78 is 6.09. The Bertz CT molecular complexity index is 131. The van der Waals surface area contributed by atoms with E-state index >= 15 is 0 Å². The van der Waals surface area contributed by atoms with Crippen molar-refractivity contribution in [3.63, 3.8) is 0 Å². The summed E-state index contributed by atoms with van der Waals surface area (Å²) in [6.07, 6.45) is 1.18. The van der Waals surface area contributed by atoms with Gasteiger partial charge >= 0.3 is 0 Å². The Morgan fingerprint density at radius 2 is 1.75 bits per heavy atom. The summed E-state index contributed by atoms with van der Waals surface area (Å²) in [6, 6.07) is 1.26. The minimum Gasteiger partial charge on any atom is -0.422 e. The average Bonchev–Trinajstić information content (AvgIpc) is 1.98. The lowest BCUT2D eigenvalue weighted by atomic mass is 10.3. The molecule has 1 unspecified atom stereocenters. The van der Waals surface area contributed by atoms with Crippen molar-refractivity contribution in [3.05, 3.63) is 0 Å². The van der Waals surface area contributed by atoms with Crippen LogP contribution in [0.3, 0.4) is 0 Å². The van der Waals surface area contributed by atoms with E-state index in [-0.39, 0.29) is 15.0 Å². The Morgan fingerprint density at radius 1 is 1.25 bits per heavy atom. The molecule has 0 aliphatic heterocycles. The van der Waals surface area contributed by atoms with E-state index in [4.69, 9.17) is 4.43 Å². The highest BCUT2D eigenvalue weighted by molar-refractivity contribution is 6.79. The predicted octanol–water partition coefficient (Wildman–Crippen LogP) is 2.57. The van der Waals surface area contributed by atoms with E-state index in [1.54, 1.807) is 0 Å². The molecule has 0 aliphatic carbocycles. The van der Waals surface area contributed by atoms with Gasteiger partial charge in [0.15, 0.2) is 9.76 Å². The fourth-order valence-corrected chi connectivity index (χ4v) is 5.13. The smallest absolute Gasteiger partial charge is 0.161 e. The summed E-state index contributed by atoms with van der Waals surface area (Å²) in [7, 11) is -1.37. The molecule has 0 radical (unpaired) electrons. The highest BCUT2D eigenvalue weighted by Crippen LogP contribution is 2.27. The summed E-state index contributed by atoms with van der Waals surface area (Å²) in [5.74, 6) is 0. The first-order valence-corrected chi connectivity index (χ1v) is 10.1. The third-order valence-electron chi connectivity index (χ3n) is 2.89. The maximum atomic E-state index is 6.09. The van der Waals surface area contributed by atoms with Gasteiger partial charge in [0, 0.05) is 5.22 Å². The van der Waals surface area contributed by atoms with E-state index in [0.717, 1.165) is 0 Å². The molecule has 0 N–H and O–H groups in total. The number of hydrogen-bond acceptors (Lipinski definition) is 1. The van der Waals surface area contributed by atoms with Crippen molar-refractivity contribution in [2.45, 2.75) is 58.1 Å². The summed E-state index contributed by atoms with van der Waals surface area (Å²) in [5.41, 5.74) is 0. The second-order valence-electron chi connectivity index (χ2n) is 4.68. The van der Waals surface area contributed by atoms with Crippen molar-refractivity contribution >= 4 is 17.8 Å². The van der Waals surface area contributed by atoms with Crippen LogP contribution in [-0.2, 0) is 4.43 Å². The molecule has 0 amide bonds. The largest absolute Gasteiger partial charge is 0.422 e. The van der Waals surface area contributed by atoms with Crippen molar-refractivity contribution in [3.8, 4) is 0 Å². The summed E-state index contributed by atoms with van der Waals surface area (Å²) in [6.45, 7) is 14.0. The molecule has 0 rings (SSSR count). The van der Waals surface area contributed by atoms with Crippen molar-refractivity contribution in [2.24, 2.45) is 0 Å². The fraction of sp³-hybridized carbons (Fsp3) is 1.00. The maximum Gasteiger partial charge on any atom is 0.161 e. The third kappa shape index (κ3) is 3.03. The summed E-state index contributed by atoms with van der Waals surface area (Å²) in [5, 5.41) is 0.231. The van der Waals surface area contributed by atoms with Gasteiger partial charge in [-0.15, -0.1) is 0 Å². The molecular weight excluding hydrogens is 180 g/mol. The first-order chi connectivity index (χ1) is 5.37. The predicted molar refractivity (Wildman–Crippen MR) is 62.2 cm³/mol. The van der Waals surface area contributed by atoms with E-state index in [1.165, 1.54) is 12.5 Å². The van der Waals surface area contributed by atoms with Crippen molar-refractivity contribution in [1.29, 1.82) is 0 Å². The van der Waals surface area contributed by atoms with Gasteiger partial charge in [0.25, 0.3) is 0 Å². The maximum absolute atomic E-state index is 6.09. The SMILES string of the molecule is CC[SiH2]OC(C)(CC)[Si](C)(C)C. The molecule has 0 aliphatic rings. The normalized spacial score (nSPS) is 18.5. The molecule has 74 valence electrons. The zero-order valence-electron chi connectivity index (χ0n) is 9.53. The Hall–Kier alpha value is 0.394. The van der Waals surface area contributed by atoms with Gasteiger partial charge < -0.3 is 4.43 Å². The van der Waals surface area contributed by atoms with E-state index in [0.29, 0.717) is 0 Å². The van der Waals surface area contributed by atoms with Crippen LogP contribution in [0.2, 0.25) is 25.7 Å². The van der Waals surface area contributed by atoms with Gasteiger partial charge in [-0.25, -0.2) is 0 Å². The van der Waals surface area contributed by atoms with Gasteiger partial charge in [-0.3, -0.25) is 0 Å². The molecule has 3 heteroatoms. The molecule has 0 heterocycles. The van der Waals surface area contributed by atoms with Crippen molar-refractivity contribution in [1.82, 2.24) is 0 Å². The molecule has 0 spiro atoms. The van der Waals surface area contributed by atoms with Crippen LogP contribution in [-0.4, -0.2) is 23.1 Å². The standard InChI is InChI=1S/C9H24OSi2/c1-7-9(3,10-11-8-2)12(4,5)6/h7-8,11H2,1-6H3. The van der Waals surface area contributed by atoms with E-state index in [2.05, 4.69) is 40.4 Å². The lowest BCUT2D eigenvalue weighted by Crippen LogP contribution is -2.52. The van der Waals surface area contributed by atoms with Crippen LogP contribution in [0.25, 0.3) is 0 Å². The van der Waals surface area contributed by atoms with Crippen LogP contribution < -0.4 is 0 Å². The van der Waals surface area contributed by atoms with Crippen LogP contribution in [0, 0.1) is 0 Å². The van der Waals surface area contributed by atoms with E-state index in [1.807, 2.05) is 0 Å². The van der Waals surface area contributed by atoms with Crippen LogP contribution in [0.4, 0.5) is 0 Å². The Kier molecular flexibility index (Phi) is 4.73. The minimum absolute atomic E-state index is 0.231. The monoisotopic (exact) mass is 204 g/mol. The Morgan fingerprint density at radius 3 is 2.00 bits per heavy atom. The average molecular weight is 204 g/mol. The lowest BCUT2D eigenvalue weighted by Gasteiger charge is -2.40. The number of hydrogen-bond donors (Lipinski definition) is 0. The molecule has 12 heavy (non-hydrogen) atoms. The molecule has 0 aromatic heterocycles. The second kappa shape index (κ2) is 4.58. The third-order valence-corrected chi connectivity index (χ3v) is 8.10. The highest BCUT2D eigenvalue weighted by atomic mass is 28.3. The van der Waals surface area contributed by atoms with Crippen molar-refractivity contribution < 1.29 is 4.43 Å². The summed E-state index contributed by atoms with van der Waals surface area (Å²) >= 11 is 0. The van der Waals surface area contributed by atoms with E-state index in [9.17, 15) is 0 Å². The molecule has 0 aromatic rings. The molecule has 0 saturated heterocycles. The Balaban J connectivity index is 4.24. The highest BCUT2D eigenvalue weighted by Gasteiger charge is 2.37. The van der Waals surface area contributed by atoms with Gasteiger partial charge in [0.1, 0.15) is 0 Å².